The lowest BCUT2D eigenvalue weighted by atomic mass is 10.1. The van der Waals surface area contributed by atoms with Crippen LogP contribution in [0.25, 0.3) is 0 Å². The van der Waals surface area contributed by atoms with E-state index in [1.165, 1.54) is 94.7 Å². The maximum absolute atomic E-state index is 2.39. The normalized spacial score (nSPS) is 11.7. The van der Waals surface area contributed by atoms with Crippen molar-refractivity contribution in [2.24, 2.45) is 0 Å². The zero-order valence-electron chi connectivity index (χ0n) is 16.2. The summed E-state index contributed by atoms with van der Waals surface area (Å²) in [5.41, 5.74) is 0. The molecule has 0 bridgehead atoms. The molecule has 0 atom stereocenters. The molecule has 22 heavy (non-hydrogen) atoms. The molecule has 2 nitrogen and oxygen atoms in total. The molecular weight excluding hydrogens is 336 g/mol. The Morgan fingerprint density at radius 2 is 1.05 bits per heavy atom. The lowest BCUT2D eigenvalue weighted by molar-refractivity contribution is -0.890. The van der Waals surface area contributed by atoms with Crippen LogP contribution in [-0.2, 0) is 0 Å². The third-order valence-electron chi connectivity index (χ3n) is 4.49. The molecule has 0 aliphatic heterocycles. The Morgan fingerprint density at radius 3 is 1.50 bits per heavy atom. The summed E-state index contributed by atoms with van der Waals surface area (Å²) in [7, 11) is 9.12. The highest BCUT2D eigenvalue weighted by Crippen LogP contribution is 2.11. The monoisotopic (exact) mass is 378 g/mol. The molecule has 0 fully saturated rings. The Kier molecular flexibility index (Phi) is 18.2. The molecule has 0 unspecified atom stereocenters. The van der Waals surface area contributed by atoms with E-state index in [9.17, 15) is 0 Å². The fraction of sp³-hybridized carbons (Fsp3) is 1.00. The first-order valence-corrected chi connectivity index (χ1v) is 9.44. The van der Waals surface area contributed by atoms with Crippen LogP contribution in [0, 0.1) is 0 Å². The molecule has 0 radical (unpaired) electrons. The van der Waals surface area contributed by atoms with E-state index in [2.05, 4.69) is 40.0 Å². The predicted octanol–water partition coefficient (Wildman–Crippen LogP) is 1.94. The van der Waals surface area contributed by atoms with E-state index in [1.54, 1.807) is 0 Å². The van der Waals surface area contributed by atoms with Crippen LogP contribution >= 0.6 is 0 Å². The zero-order chi connectivity index (χ0) is 16.0. The number of unbranched alkanes of at least 4 members (excludes halogenated alkanes) is 9. The van der Waals surface area contributed by atoms with E-state index in [-0.39, 0.29) is 17.0 Å². The first-order valence-electron chi connectivity index (χ1n) is 9.44. The Bertz CT molecular complexity index is 217. The van der Waals surface area contributed by atoms with Crippen LogP contribution in [-0.4, -0.2) is 57.2 Å². The fourth-order valence-electron chi connectivity index (χ4n) is 2.95. The third kappa shape index (κ3) is 18.4. The van der Waals surface area contributed by atoms with Gasteiger partial charge in [0.1, 0.15) is 0 Å². The minimum Gasteiger partial charge on any atom is -1.00 e. The second kappa shape index (κ2) is 16.3. The maximum Gasteiger partial charge on any atom is 0.0794 e. The highest BCUT2D eigenvalue weighted by atomic mass is 79.9. The molecule has 0 aliphatic carbocycles. The second-order valence-corrected chi connectivity index (χ2v) is 7.72. The van der Waals surface area contributed by atoms with Crippen molar-refractivity contribution in [3.63, 3.8) is 0 Å². The fourth-order valence-corrected chi connectivity index (χ4v) is 2.95. The highest BCUT2D eigenvalue weighted by Gasteiger charge is 2.13. The van der Waals surface area contributed by atoms with Crippen LogP contribution in [0.4, 0.5) is 0 Å². The van der Waals surface area contributed by atoms with Crippen LogP contribution < -0.4 is 17.0 Å². The molecule has 0 N–H and O–H groups in total. The van der Waals surface area contributed by atoms with Crippen LogP contribution in [0.3, 0.4) is 0 Å². The Balaban J connectivity index is 0. The standard InChI is InChI=1S/C19H43N2.BrH/c1-6-7-8-9-10-11-12-13-14-15-18-21(4,5)19-16-17-20(2)3;/h6-19H2,1-5H3;1H/q+1;/p-1. The Labute approximate surface area is 152 Å². The van der Waals surface area contributed by atoms with Crippen LogP contribution in [0.5, 0.6) is 0 Å². The van der Waals surface area contributed by atoms with E-state index < -0.39 is 0 Å². The maximum atomic E-state index is 2.39. The van der Waals surface area contributed by atoms with Gasteiger partial charge in [0.05, 0.1) is 27.2 Å². The number of quaternary nitrogens is 1. The summed E-state index contributed by atoms with van der Waals surface area (Å²) in [6, 6.07) is 0. The van der Waals surface area contributed by atoms with Gasteiger partial charge in [0.25, 0.3) is 0 Å². The first kappa shape index (κ1) is 24.6. The summed E-state index contributed by atoms with van der Waals surface area (Å²) in [6.45, 7) is 6.18. The Morgan fingerprint density at radius 1 is 0.636 bits per heavy atom. The van der Waals surface area contributed by atoms with E-state index in [0.29, 0.717) is 0 Å². The molecule has 0 aromatic carbocycles. The van der Waals surface area contributed by atoms with E-state index in [0.717, 1.165) is 0 Å². The van der Waals surface area contributed by atoms with Crippen LogP contribution in [0.15, 0.2) is 0 Å². The van der Waals surface area contributed by atoms with Gasteiger partial charge in [0.15, 0.2) is 0 Å². The predicted molar refractivity (Wildman–Crippen MR) is 96.9 cm³/mol. The summed E-state index contributed by atoms with van der Waals surface area (Å²) >= 11 is 0. The SMILES string of the molecule is CCCCCCCCCCCC[N+](C)(C)CCCN(C)C.[Br-]. The van der Waals surface area contributed by atoms with Gasteiger partial charge in [-0.3, -0.25) is 0 Å². The van der Waals surface area contributed by atoms with Crippen molar-refractivity contribution >= 4 is 0 Å². The van der Waals surface area contributed by atoms with Gasteiger partial charge < -0.3 is 26.4 Å². The third-order valence-corrected chi connectivity index (χ3v) is 4.49. The van der Waals surface area contributed by atoms with E-state index in [1.807, 2.05) is 0 Å². The molecular formula is C19H43BrN2. The second-order valence-electron chi connectivity index (χ2n) is 7.72. The van der Waals surface area contributed by atoms with Gasteiger partial charge in [-0.2, -0.15) is 0 Å². The zero-order valence-corrected chi connectivity index (χ0v) is 17.8. The molecule has 0 aromatic rings. The van der Waals surface area contributed by atoms with Gasteiger partial charge in [-0.05, 0) is 26.9 Å². The quantitative estimate of drug-likeness (QED) is 0.311. The highest BCUT2D eigenvalue weighted by molar-refractivity contribution is 4.48. The number of rotatable bonds is 15. The topological polar surface area (TPSA) is 3.24 Å². The molecule has 0 aromatic heterocycles. The average Bonchev–Trinajstić information content (AvgIpc) is 2.40. The Hall–Kier alpha value is 0.400. The summed E-state index contributed by atoms with van der Waals surface area (Å²) in [4.78, 5) is 2.29. The minimum absolute atomic E-state index is 0. The molecule has 0 saturated heterocycles. The van der Waals surface area contributed by atoms with Crippen molar-refractivity contribution in [1.29, 1.82) is 0 Å². The van der Waals surface area contributed by atoms with Gasteiger partial charge in [0.2, 0.25) is 0 Å². The van der Waals surface area contributed by atoms with Gasteiger partial charge in [-0.15, -0.1) is 0 Å². The van der Waals surface area contributed by atoms with Crippen molar-refractivity contribution < 1.29 is 21.5 Å². The van der Waals surface area contributed by atoms with Crippen LogP contribution in [0.1, 0.15) is 77.6 Å². The van der Waals surface area contributed by atoms with Crippen molar-refractivity contribution in [1.82, 2.24) is 4.90 Å². The van der Waals surface area contributed by atoms with Crippen molar-refractivity contribution in [2.45, 2.75) is 77.6 Å². The van der Waals surface area contributed by atoms with Gasteiger partial charge in [-0.25, -0.2) is 0 Å². The van der Waals surface area contributed by atoms with E-state index in [4.69, 9.17) is 0 Å². The van der Waals surface area contributed by atoms with Crippen LogP contribution in [0.2, 0.25) is 0 Å². The molecule has 0 rings (SSSR count). The number of nitrogens with zero attached hydrogens (tertiary/aromatic N) is 2. The molecule has 0 spiro atoms. The molecule has 0 amide bonds. The van der Waals surface area contributed by atoms with Crippen molar-refractivity contribution in [2.75, 3.05) is 47.8 Å². The molecule has 0 heterocycles. The minimum atomic E-state index is 0. The summed E-state index contributed by atoms with van der Waals surface area (Å²) in [6.07, 6.45) is 15.7. The smallest absolute Gasteiger partial charge is 0.0794 e. The van der Waals surface area contributed by atoms with E-state index >= 15 is 0 Å². The molecule has 0 saturated carbocycles. The average molecular weight is 379 g/mol. The molecule has 136 valence electrons. The molecule has 0 aliphatic rings. The summed E-state index contributed by atoms with van der Waals surface area (Å²) < 4.78 is 1.20. The van der Waals surface area contributed by atoms with Crippen molar-refractivity contribution in [3.8, 4) is 0 Å². The lowest BCUT2D eigenvalue weighted by Gasteiger charge is -2.30. The van der Waals surface area contributed by atoms with Gasteiger partial charge in [-0.1, -0.05) is 58.3 Å². The summed E-state index contributed by atoms with van der Waals surface area (Å²) in [5, 5.41) is 0. The van der Waals surface area contributed by atoms with Gasteiger partial charge >= 0.3 is 0 Å². The first-order chi connectivity index (χ1) is 9.98. The summed E-state index contributed by atoms with van der Waals surface area (Å²) in [5.74, 6) is 0. The van der Waals surface area contributed by atoms with Gasteiger partial charge in [0, 0.05) is 13.0 Å². The number of halogens is 1. The number of hydrogen-bond acceptors (Lipinski definition) is 1. The number of hydrogen-bond donors (Lipinski definition) is 0. The van der Waals surface area contributed by atoms with Crippen molar-refractivity contribution in [3.05, 3.63) is 0 Å². The lowest BCUT2D eigenvalue weighted by Crippen LogP contribution is -3.00. The molecule has 3 heteroatoms. The largest absolute Gasteiger partial charge is 1.00 e.